The van der Waals surface area contributed by atoms with Crippen molar-refractivity contribution in [1.29, 1.82) is 0 Å². The Morgan fingerprint density at radius 1 is 1.20 bits per heavy atom. The number of benzene rings is 1. The SMILES string of the molecule is CCNC(=NCCOc1ccc2c(c1)OCO2)NCC. The van der Waals surface area contributed by atoms with E-state index >= 15 is 0 Å². The summed E-state index contributed by atoms with van der Waals surface area (Å²) in [7, 11) is 0. The number of rotatable bonds is 6. The molecule has 1 aromatic carbocycles. The highest BCUT2D eigenvalue weighted by Gasteiger charge is 2.13. The molecular weight excluding hydrogens is 258 g/mol. The van der Waals surface area contributed by atoms with Gasteiger partial charge in [0.15, 0.2) is 17.5 Å². The quantitative estimate of drug-likeness (QED) is 0.468. The van der Waals surface area contributed by atoms with Crippen LogP contribution in [0.15, 0.2) is 23.2 Å². The largest absolute Gasteiger partial charge is 0.492 e. The van der Waals surface area contributed by atoms with Gasteiger partial charge in [0.05, 0.1) is 6.54 Å². The van der Waals surface area contributed by atoms with Crippen LogP contribution in [0.5, 0.6) is 17.2 Å². The van der Waals surface area contributed by atoms with Gasteiger partial charge in [-0.05, 0) is 26.0 Å². The van der Waals surface area contributed by atoms with Crippen molar-refractivity contribution in [2.45, 2.75) is 13.8 Å². The van der Waals surface area contributed by atoms with Gasteiger partial charge in [0, 0.05) is 19.2 Å². The van der Waals surface area contributed by atoms with Crippen LogP contribution in [0.25, 0.3) is 0 Å². The highest BCUT2D eigenvalue weighted by molar-refractivity contribution is 5.79. The lowest BCUT2D eigenvalue weighted by atomic mass is 10.3. The first-order valence-electron chi connectivity index (χ1n) is 6.88. The van der Waals surface area contributed by atoms with Crippen molar-refractivity contribution in [2.24, 2.45) is 4.99 Å². The van der Waals surface area contributed by atoms with Crippen molar-refractivity contribution in [3.63, 3.8) is 0 Å². The number of nitrogens with one attached hydrogen (secondary N) is 2. The molecule has 0 spiro atoms. The molecule has 0 radical (unpaired) electrons. The van der Waals surface area contributed by atoms with Crippen molar-refractivity contribution in [1.82, 2.24) is 10.6 Å². The van der Waals surface area contributed by atoms with Crippen LogP contribution in [0.2, 0.25) is 0 Å². The number of ether oxygens (including phenoxy) is 3. The summed E-state index contributed by atoms with van der Waals surface area (Å²) in [5.41, 5.74) is 0. The van der Waals surface area contributed by atoms with Gasteiger partial charge >= 0.3 is 0 Å². The van der Waals surface area contributed by atoms with E-state index in [1.165, 1.54) is 0 Å². The fraction of sp³-hybridized carbons (Fsp3) is 0.500. The zero-order valence-corrected chi connectivity index (χ0v) is 11.9. The monoisotopic (exact) mass is 279 g/mol. The molecule has 0 fully saturated rings. The van der Waals surface area contributed by atoms with E-state index in [0.29, 0.717) is 13.2 Å². The van der Waals surface area contributed by atoms with E-state index in [9.17, 15) is 0 Å². The van der Waals surface area contributed by atoms with Crippen LogP contribution >= 0.6 is 0 Å². The van der Waals surface area contributed by atoms with Crippen LogP contribution in [-0.2, 0) is 0 Å². The first-order valence-corrected chi connectivity index (χ1v) is 6.88. The number of fused-ring (bicyclic) bond motifs is 1. The van der Waals surface area contributed by atoms with Gasteiger partial charge in [0.25, 0.3) is 0 Å². The van der Waals surface area contributed by atoms with Crippen molar-refractivity contribution in [2.75, 3.05) is 33.0 Å². The molecule has 6 heteroatoms. The van der Waals surface area contributed by atoms with Gasteiger partial charge in [-0.3, -0.25) is 0 Å². The molecule has 0 atom stereocenters. The van der Waals surface area contributed by atoms with Crippen molar-refractivity contribution in [3.8, 4) is 17.2 Å². The van der Waals surface area contributed by atoms with Crippen LogP contribution in [-0.4, -0.2) is 39.0 Å². The third kappa shape index (κ3) is 3.94. The molecule has 0 amide bonds. The van der Waals surface area contributed by atoms with Crippen LogP contribution in [0.1, 0.15) is 13.8 Å². The van der Waals surface area contributed by atoms with Crippen molar-refractivity contribution < 1.29 is 14.2 Å². The number of guanidine groups is 1. The Labute approximate surface area is 119 Å². The van der Waals surface area contributed by atoms with Crippen LogP contribution in [0.3, 0.4) is 0 Å². The van der Waals surface area contributed by atoms with Gasteiger partial charge in [0.1, 0.15) is 12.4 Å². The molecule has 1 heterocycles. The summed E-state index contributed by atoms with van der Waals surface area (Å²) in [5.74, 6) is 3.06. The average molecular weight is 279 g/mol. The number of nitrogens with zero attached hydrogens (tertiary/aromatic N) is 1. The average Bonchev–Trinajstić information content (AvgIpc) is 2.91. The molecule has 2 rings (SSSR count). The second-order valence-electron chi connectivity index (χ2n) is 4.15. The lowest BCUT2D eigenvalue weighted by molar-refractivity contribution is 0.174. The standard InChI is InChI=1S/C14H21N3O3/c1-3-15-14(16-4-2)17-7-8-18-11-5-6-12-13(9-11)20-10-19-12/h5-6,9H,3-4,7-8,10H2,1-2H3,(H2,15,16,17). The second kappa shape index (κ2) is 7.47. The smallest absolute Gasteiger partial charge is 0.231 e. The third-order valence-electron chi connectivity index (χ3n) is 2.66. The maximum Gasteiger partial charge on any atom is 0.231 e. The highest BCUT2D eigenvalue weighted by Crippen LogP contribution is 2.34. The van der Waals surface area contributed by atoms with E-state index in [-0.39, 0.29) is 6.79 Å². The van der Waals surface area contributed by atoms with Gasteiger partial charge in [-0.1, -0.05) is 0 Å². The first kappa shape index (κ1) is 14.3. The Morgan fingerprint density at radius 3 is 2.70 bits per heavy atom. The van der Waals surface area contributed by atoms with Gasteiger partial charge in [-0.15, -0.1) is 0 Å². The molecule has 0 saturated heterocycles. The summed E-state index contributed by atoms with van der Waals surface area (Å²) < 4.78 is 16.2. The zero-order chi connectivity index (χ0) is 14.2. The van der Waals surface area contributed by atoms with E-state index in [1.807, 2.05) is 32.0 Å². The van der Waals surface area contributed by atoms with Crippen LogP contribution < -0.4 is 24.8 Å². The molecule has 110 valence electrons. The Kier molecular flexibility index (Phi) is 5.34. The van der Waals surface area contributed by atoms with Crippen LogP contribution in [0.4, 0.5) is 0 Å². The minimum absolute atomic E-state index is 0.276. The van der Waals surface area contributed by atoms with Gasteiger partial charge < -0.3 is 24.8 Å². The van der Waals surface area contributed by atoms with E-state index < -0.39 is 0 Å². The third-order valence-corrected chi connectivity index (χ3v) is 2.66. The Morgan fingerprint density at radius 2 is 1.95 bits per heavy atom. The Bertz CT molecular complexity index is 455. The van der Waals surface area contributed by atoms with E-state index in [1.54, 1.807) is 0 Å². The highest BCUT2D eigenvalue weighted by atomic mass is 16.7. The van der Waals surface area contributed by atoms with Gasteiger partial charge in [0.2, 0.25) is 6.79 Å². The molecule has 20 heavy (non-hydrogen) atoms. The summed E-state index contributed by atoms with van der Waals surface area (Å²) in [6.45, 7) is 7.14. The second-order valence-corrected chi connectivity index (χ2v) is 4.15. The fourth-order valence-corrected chi connectivity index (χ4v) is 1.80. The maximum absolute atomic E-state index is 5.64. The van der Waals surface area contributed by atoms with Crippen molar-refractivity contribution >= 4 is 5.96 Å². The summed E-state index contributed by atoms with van der Waals surface area (Å²) >= 11 is 0. The zero-order valence-electron chi connectivity index (χ0n) is 11.9. The fourth-order valence-electron chi connectivity index (χ4n) is 1.80. The minimum atomic E-state index is 0.276. The molecule has 1 aromatic rings. The first-order chi connectivity index (χ1) is 9.83. The molecule has 2 N–H and O–H groups in total. The number of hydrogen-bond donors (Lipinski definition) is 2. The molecule has 1 aliphatic heterocycles. The van der Waals surface area contributed by atoms with E-state index in [4.69, 9.17) is 14.2 Å². The van der Waals surface area contributed by atoms with Crippen molar-refractivity contribution in [3.05, 3.63) is 18.2 Å². The molecule has 0 unspecified atom stereocenters. The predicted molar refractivity (Wildman–Crippen MR) is 77.7 cm³/mol. The normalized spacial score (nSPS) is 11.9. The molecule has 0 saturated carbocycles. The summed E-state index contributed by atoms with van der Waals surface area (Å²) in [6, 6.07) is 5.55. The molecule has 6 nitrogen and oxygen atoms in total. The molecular formula is C14H21N3O3. The lowest BCUT2D eigenvalue weighted by Gasteiger charge is -2.09. The molecule has 0 bridgehead atoms. The molecule has 1 aliphatic rings. The summed E-state index contributed by atoms with van der Waals surface area (Å²) in [5, 5.41) is 6.33. The minimum Gasteiger partial charge on any atom is -0.492 e. The number of hydrogen-bond acceptors (Lipinski definition) is 4. The maximum atomic E-state index is 5.64. The van der Waals surface area contributed by atoms with E-state index in [2.05, 4.69) is 15.6 Å². The molecule has 0 aromatic heterocycles. The topological polar surface area (TPSA) is 64.1 Å². The molecule has 0 aliphatic carbocycles. The lowest BCUT2D eigenvalue weighted by Crippen LogP contribution is -2.37. The van der Waals surface area contributed by atoms with E-state index in [0.717, 1.165) is 36.3 Å². The van der Waals surface area contributed by atoms with Crippen LogP contribution in [0, 0.1) is 0 Å². The summed E-state index contributed by atoms with van der Waals surface area (Å²) in [4.78, 5) is 4.40. The predicted octanol–water partition coefficient (Wildman–Crippen LogP) is 1.37. The number of aliphatic imine (C=N–C) groups is 1. The van der Waals surface area contributed by atoms with Gasteiger partial charge in [-0.25, -0.2) is 4.99 Å². The van der Waals surface area contributed by atoms with Gasteiger partial charge in [-0.2, -0.15) is 0 Å². The Hall–Kier alpha value is -2.11. The Balaban J connectivity index is 1.79. The summed E-state index contributed by atoms with van der Waals surface area (Å²) in [6.07, 6.45) is 0.